The van der Waals surface area contributed by atoms with Crippen molar-refractivity contribution in [3.8, 4) is 5.75 Å². The van der Waals surface area contributed by atoms with E-state index in [9.17, 15) is 18.5 Å². The van der Waals surface area contributed by atoms with Gasteiger partial charge in [0.2, 0.25) is 5.82 Å². The minimum atomic E-state index is -3.91. The van der Waals surface area contributed by atoms with Crippen molar-refractivity contribution in [1.29, 1.82) is 0 Å². The van der Waals surface area contributed by atoms with Crippen LogP contribution in [0.3, 0.4) is 0 Å². The predicted octanol–water partition coefficient (Wildman–Crippen LogP) is 2.22. The second-order valence-electron chi connectivity index (χ2n) is 5.94. The van der Waals surface area contributed by atoms with Crippen molar-refractivity contribution in [3.05, 3.63) is 62.1 Å². The molecule has 1 N–H and O–H groups in total. The van der Waals surface area contributed by atoms with Gasteiger partial charge in [-0.05, 0) is 24.3 Å². The van der Waals surface area contributed by atoms with Crippen LogP contribution in [0.2, 0.25) is 5.02 Å². The van der Waals surface area contributed by atoms with Crippen molar-refractivity contribution < 1.29 is 27.3 Å². The van der Waals surface area contributed by atoms with Crippen molar-refractivity contribution in [3.63, 3.8) is 0 Å². The highest BCUT2D eigenvalue weighted by molar-refractivity contribution is 7.49. The zero-order chi connectivity index (χ0) is 19.2. The van der Waals surface area contributed by atoms with E-state index in [0.717, 1.165) is 10.8 Å². The van der Waals surface area contributed by atoms with Crippen molar-refractivity contribution in [1.82, 2.24) is 9.55 Å². The van der Waals surface area contributed by atoms with Gasteiger partial charge in [0.05, 0.1) is 12.8 Å². The van der Waals surface area contributed by atoms with E-state index in [4.69, 9.17) is 29.9 Å². The highest BCUT2D eigenvalue weighted by atomic mass is 35.5. The Balaban J connectivity index is 1.50. The van der Waals surface area contributed by atoms with E-state index in [1.54, 1.807) is 12.1 Å². The number of ether oxygens (including phenoxy) is 1. The van der Waals surface area contributed by atoms with E-state index >= 15 is 0 Å². The third kappa shape index (κ3) is 3.71. The quantitative estimate of drug-likeness (QED) is 0.761. The van der Waals surface area contributed by atoms with Gasteiger partial charge >= 0.3 is 13.5 Å². The summed E-state index contributed by atoms with van der Waals surface area (Å²) in [6, 6.07) is 6.14. The minimum Gasteiger partial charge on any atom is -0.404 e. The average molecular weight is 419 g/mol. The van der Waals surface area contributed by atoms with Gasteiger partial charge in [-0.1, -0.05) is 11.6 Å². The minimum absolute atomic E-state index is 0.0907. The Bertz CT molecular complexity index is 1020. The van der Waals surface area contributed by atoms with Crippen molar-refractivity contribution in [2.24, 2.45) is 0 Å². The maximum absolute atomic E-state index is 13.5. The Labute approximate surface area is 156 Å². The molecule has 2 aliphatic heterocycles. The average Bonchev–Trinajstić information content (AvgIpc) is 3.02. The maximum atomic E-state index is 13.5. The molecule has 0 radical (unpaired) electrons. The van der Waals surface area contributed by atoms with Gasteiger partial charge in [-0.25, -0.2) is 9.36 Å². The topological polar surface area (TPSA) is 109 Å². The Morgan fingerprint density at radius 3 is 2.74 bits per heavy atom. The van der Waals surface area contributed by atoms with Crippen LogP contribution >= 0.6 is 19.4 Å². The molecule has 0 amide bonds. The number of H-pyrrole nitrogens is 1. The van der Waals surface area contributed by atoms with E-state index in [1.807, 2.05) is 4.98 Å². The van der Waals surface area contributed by atoms with Crippen LogP contribution in [0.1, 0.15) is 12.6 Å². The largest absolute Gasteiger partial charge is 0.530 e. The zero-order valence-electron chi connectivity index (χ0n) is 13.5. The Morgan fingerprint density at radius 2 is 2.00 bits per heavy atom. The smallest absolute Gasteiger partial charge is 0.404 e. The molecule has 0 aliphatic carbocycles. The summed E-state index contributed by atoms with van der Waals surface area (Å²) in [4.78, 5) is 24.9. The Morgan fingerprint density at radius 1 is 1.26 bits per heavy atom. The molecule has 1 unspecified atom stereocenters. The number of rotatable bonds is 3. The van der Waals surface area contributed by atoms with Gasteiger partial charge in [-0.2, -0.15) is 4.39 Å². The van der Waals surface area contributed by atoms with E-state index in [2.05, 4.69) is 0 Å². The number of aromatic amines is 1. The molecule has 1 aromatic heterocycles. The summed E-state index contributed by atoms with van der Waals surface area (Å²) in [5, 5.41) is 0.483. The number of nitrogens with one attached hydrogen (secondary N) is 1. The number of hydrogen-bond acceptors (Lipinski definition) is 7. The maximum Gasteiger partial charge on any atom is 0.530 e. The number of benzene rings is 1. The number of phosphoric ester groups is 1. The number of phosphoric acid groups is 1. The highest BCUT2D eigenvalue weighted by Gasteiger charge is 2.48. The van der Waals surface area contributed by atoms with E-state index in [-0.39, 0.29) is 18.8 Å². The summed E-state index contributed by atoms with van der Waals surface area (Å²) in [7, 11) is -3.91. The second kappa shape index (κ2) is 6.88. The molecule has 27 heavy (non-hydrogen) atoms. The third-order valence-corrected chi connectivity index (χ3v) is 5.79. The Kier molecular flexibility index (Phi) is 4.69. The molecule has 0 bridgehead atoms. The summed E-state index contributed by atoms with van der Waals surface area (Å²) in [5.74, 6) is -0.877. The molecule has 2 aromatic rings. The summed E-state index contributed by atoms with van der Waals surface area (Å²) in [5.41, 5.74) is -1.95. The molecule has 2 fully saturated rings. The highest BCUT2D eigenvalue weighted by Crippen LogP contribution is 2.56. The summed E-state index contributed by atoms with van der Waals surface area (Å²) >= 11 is 5.79. The number of hydrogen-bond donors (Lipinski definition) is 1. The lowest BCUT2D eigenvalue weighted by Gasteiger charge is -2.29. The summed E-state index contributed by atoms with van der Waals surface area (Å²) in [6.07, 6.45) is -1.40. The van der Waals surface area contributed by atoms with E-state index < -0.39 is 43.3 Å². The van der Waals surface area contributed by atoms with Gasteiger partial charge < -0.3 is 9.26 Å². The first-order valence-corrected chi connectivity index (χ1v) is 9.71. The van der Waals surface area contributed by atoms with Crippen molar-refractivity contribution in [2.75, 3.05) is 6.61 Å². The summed E-state index contributed by atoms with van der Waals surface area (Å²) < 4.78 is 48.7. The van der Waals surface area contributed by atoms with Gasteiger partial charge in [0.1, 0.15) is 24.2 Å². The van der Waals surface area contributed by atoms with Crippen LogP contribution < -0.4 is 15.8 Å². The van der Waals surface area contributed by atoms with Crippen LogP contribution in [0.15, 0.2) is 40.1 Å². The van der Waals surface area contributed by atoms with Crippen LogP contribution in [0, 0.1) is 5.82 Å². The normalized spacial score (nSPS) is 30.1. The van der Waals surface area contributed by atoms with Gasteiger partial charge in [0.25, 0.3) is 5.56 Å². The lowest BCUT2D eigenvalue weighted by molar-refractivity contribution is -0.0668. The first-order chi connectivity index (χ1) is 12.8. The molecule has 144 valence electrons. The first-order valence-electron chi connectivity index (χ1n) is 7.87. The Hall–Kier alpha value is -1.97. The lowest BCUT2D eigenvalue weighted by atomic mass is 10.2. The van der Waals surface area contributed by atoms with E-state index in [0.29, 0.717) is 5.02 Å². The lowest BCUT2D eigenvalue weighted by Crippen LogP contribution is -2.34. The summed E-state index contributed by atoms with van der Waals surface area (Å²) in [6.45, 7) is -0.105. The van der Waals surface area contributed by atoms with Gasteiger partial charge in [-0.3, -0.25) is 23.4 Å². The molecule has 4 atom stereocenters. The van der Waals surface area contributed by atoms with Crippen molar-refractivity contribution in [2.45, 2.75) is 24.9 Å². The molecule has 9 nitrogen and oxygen atoms in total. The number of aromatic nitrogens is 2. The van der Waals surface area contributed by atoms with E-state index in [1.165, 1.54) is 12.1 Å². The molecular formula is C15H13ClFN2O7P. The molecular weight excluding hydrogens is 406 g/mol. The molecule has 2 saturated heterocycles. The number of halogens is 2. The second-order valence-corrected chi connectivity index (χ2v) is 7.92. The van der Waals surface area contributed by atoms with Gasteiger partial charge in [-0.15, -0.1) is 0 Å². The van der Waals surface area contributed by atoms with Crippen molar-refractivity contribution >= 4 is 19.4 Å². The number of fused-ring (bicyclic) bond motifs is 1. The number of nitrogens with zero attached hydrogens (tertiary/aromatic N) is 1. The third-order valence-electron chi connectivity index (χ3n) is 4.11. The fourth-order valence-corrected chi connectivity index (χ4v) is 4.39. The van der Waals surface area contributed by atoms with Crippen LogP contribution in [-0.4, -0.2) is 28.4 Å². The fourth-order valence-electron chi connectivity index (χ4n) is 2.84. The molecule has 3 heterocycles. The van der Waals surface area contributed by atoms with Crippen LogP contribution in [0.25, 0.3) is 0 Å². The van der Waals surface area contributed by atoms with Gasteiger partial charge in [0.15, 0.2) is 0 Å². The first kappa shape index (κ1) is 18.4. The monoisotopic (exact) mass is 418 g/mol. The standard InChI is InChI=1S/C15H13ClFN2O7P/c16-8-1-3-9(4-2-8)25-27(22)23-7-12-11(26-27)5-13(24-12)19-6-10(17)14(20)18-15(19)21/h1-4,6,11-13H,5,7H2,(H,18,20,21)/t11-,12+,13+,27?/m0/s1. The fraction of sp³-hybridized carbons (Fsp3) is 0.333. The zero-order valence-corrected chi connectivity index (χ0v) is 15.2. The molecule has 0 saturated carbocycles. The SMILES string of the molecule is O=c1[nH]c(=O)n([C@H]2C[C@@H]3OP(=O)(Oc4ccc(Cl)cc4)OC[C@H]3O2)cc1F. The molecule has 2 aliphatic rings. The molecule has 0 spiro atoms. The molecule has 12 heteroatoms. The molecule has 4 rings (SSSR count). The van der Waals surface area contributed by atoms with Crippen LogP contribution in [0.4, 0.5) is 4.39 Å². The van der Waals surface area contributed by atoms with Gasteiger partial charge in [0, 0.05) is 11.4 Å². The van der Waals surface area contributed by atoms with Crippen LogP contribution in [-0.2, 0) is 18.3 Å². The predicted molar refractivity (Wildman–Crippen MR) is 90.3 cm³/mol. The van der Waals surface area contributed by atoms with Crippen LogP contribution in [0.5, 0.6) is 5.75 Å². The molecule has 1 aromatic carbocycles.